The van der Waals surface area contributed by atoms with Gasteiger partial charge in [0.2, 0.25) is 0 Å². The third-order valence-electron chi connectivity index (χ3n) is 2.96. The third-order valence-corrected chi connectivity index (χ3v) is 3.67. The van der Waals surface area contributed by atoms with E-state index in [0.717, 1.165) is 24.1 Å². The average molecular weight is 210 g/mol. The monoisotopic (exact) mass is 210 g/mol. The second-order valence-electron chi connectivity index (χ2n) is 4.05. The first-order valence-electron chi connectivity index (χ1n) is 5.21. The van der Waals surface area contributed by atoms with Crippen LogP contribution in [0.2, 0.25) is 0 Å². The third kappa shape index (κ3) is 1.64. The van der Waals surface area contributed by atoms with Gasteiger partial charge in [-0.2, -0.15) is 0 Å². The Balaban J connectivity index is 1.65. The fourth-order valence-electron chi connectivity index (χ4n) is 2.11. The zero-order valence-corrected chi connectivity index (χ0v) is 8.80. The Hall–Kier alpha value is -0.610. The summed E-state index contributed by atoms with van der Waals surface area (Å²) < 4.78 is 5.75. The van der Waals surface area contributed by atoms with Gasteiger partial charge in [0.25, 0.3) is 0 Å². The van der Waals surface area contributed by atoms with Gasteiger partial charge in [0.05, 0.1) is 12.1 Å². The molecule has 2 aliphatic rings. The van der Waals surface area contributed by atoms with Crippen LogP contribution < -0.4 is 5.32 Å². The van der Waals surface area contributed by atoms with E-state index in [9.17, 15) is 0 Å². The van der Waals surface area contributed by atoms with Gasteiger partial charge < -0.3 is 10.1 Å². The van der Waals surface area contributed by atoms with Crippen molar-refractivity contribution in [3.05, 3.63) is 11.6 Å². The lowest BCUT2D eigenvalue weighted by atomic mass is 10.1. The molecule has 1 saturated carbocycles. The summed E-state index contributed by atoms with van der Waals surface area (Å²) in [6.07, 6.45) is 6.11. The van der Waals surface area contributed by atoms with Gasteiger partial charge in [-0.05, 0) is 25.2 Å². The molecule has 0 amide bonds. The van der Waals surface area contributed by atoms with Gasteiger partial charge in [0.15, 0.2) is 5.13 Å². The van der Waals surface area contributed by atoms with Crippen LogP contribution in [-0.4, -0.2) is 23.7 Å². The van der Waals surface area contributed by atoms with E-state index in [4.69, 9.17) is 4.74 Å². The number of rotatable bonds is 3. The van der Waals surface area contributed by atoms with E-state index in [2.05, 4.69) is 10.3 Å². The minimum atomic E-state index is 0.443. The molecule has 2 unspecified atom stereocenters. The van der Waals surface area contributed by atoms with Gasteiger partial charge in [-0.3, -0.25) is 0 Å². The Bertz CT molecular complexity index is 297. The first kappa shape index (κ1) is 8.68. The molecule has 1 saturated heterocycles. The minimum Gasteiger partial charge on any atom is -0.376 e. The fraction of sp³-hybridized carbons (Fsp3) is 0.700. The van der Waals surface area contributed by atoms with Crippen molar-refractivity contribution in [2.75, 3.05) is 11.9 Å². The van der Waals surface area contributed by atoms with Crippen LogP contribution in [0.3, 0.4) is 0 Å². The van der Waals surface area contributed by atoms with Crippen LogP contribution in [0.25, 0.3) is 0 Å². The van der Waals surface area contributed by atoms with Crippen molar-refractivity contribution in [2.24, 2.45) is 5.92 Å². The minimum absolute atomic E-state index is 0.443. The van der Waals surface area contributed by atoms with Gasteiger partial charge in [-0.15, -0.1) is 11.3 Å². The SMILES string of the molecule is c1csc(NC2CCOC2C2CC2)n1. The normalized spacial score (nSPS) is 32.0. The molecule has 1 aromatic rings. The van der Waals surface area contributed by atoms with Crippen LogP contribution in [0, 0.1) is 5.92 Å². The summed E-state index contributed by atoms with van der Waals surface area (Å²) in [7, 11) is 0. The van der Waals surface area contributed by atoms with Crippen molar-refractivity contribution >= 4 is 16.5 Å². The molecule has 1 N–H and O–H groups in total. The summed E-state index contributed by atoms with van der Waals surface area (Å²) in [4.78, 5) is 4.25. The molecule has 0 spiro atoms. The molecule has 1 aliphatic carbocycles. The molecular weight excluding hydrogens is 196 g/mol. The molecule has 0 aromatic carbocycles. The topological polar surface area (TPSA) is 34.1 Å². The predicted molar refractivity (Wildman–Crippen MR) is 56.6 cm³/mol. The number of anilines is 1. The van der Waals surface area contributed by atoms with E-state index in [0.29, 0.717) is 12.1 Å². The van der Waals surface area contributed by atoms with Crippen LogP contribution in [-0.2, 0) is 4.74 Å². The van der Waals surface area contributed by atoms with Gasteiger partial charge in [0, 0.05) is 18.2 Å². The molecule has 14 heavy (non-hydrogen) atoms. The maximum atomic E-state index is 5.75. The Morgan fingerprint density at radius 3 is 3.07 bits per heavy atom. The van der Waals surface area contributed by atoms with Crippen LogP contribution in [0.15, 0.2) is 11.6 Å². The molecule has 3 nitrogen and oxygen atoms in total. The second kappa shape index (κ2) is 3.51. The Morgan fingerprint density at radius 2 is 2.36 bits per heavy atom. The summed E-state index contributed by atoms with van der Waals surface area (Å²) >= 11 is 1.67. The summed E-state index contributed by atoms with van der Waals surface area (Å²) in [5.41, 5.74) is 0. The van der Waals surface area contributed by atoms with Crippen LogP contribution in [0.5, 0.6) is 0 Å². The zero-order valence-electron chi connectivity index (χ0n) is 7.98. The lowest BCUT2D eigenvalue weighted by Gasteiger charge is -2.18. The lowest BCUT2D eigenvalue weighted by molar-refractivity contribution is 0.0898. The molecule has 2 fully saturated rings. The molecule has 2 atom stereocenters. The molecule has 2 heterocycles. The first-order valence-corrected chi connectivity index (χ1v) is 6.09. The van der Waals surface area contributed by atoms with Crippen molar-refractivity contribution in [1.82, 2.24) is 4.98 Å². The molecule has 4 heteroatoms. The molecule has 1 aromatic heterocycles. The van der Waals surface area contributed by atoms with Crippen molar-refractivity contribution in [2.45, 2.75) is 31.4 Å². The predicted octanol–water partition coefficient (Wildman–Crippen LogP) is 2.12. The van der Waals surface area contributed by atoms with Gasteiger partial charge >= 0.3 is 0 Å². The van der Waals surface area contributed by atoms with E-state index in [1.165, 1.54) is 12.8 Å². The highest BCUT2D eigenvalue weighted by Crippen LogP contribution is 2.39. The maximum absolute atomic E-state index is 5.75. The van der Waals surface area contributed by atoms with E-state index in [1.807, 2.05) is 11.6 Å². The number of thiazole rings is 1. The zero-order chi connectivity index (χ0) is 9.38. The van der Waals surface area contributed by atoms with E-state index in [1.54, 1.807) is 11.3 Å². The standard InChI is InChI=1S/C10H14N2OS/c1-2-7(1)9-8(3-5-13-9)12-10-11-4-6-14-10/h4,6-9H,1-3,5H2,(H,11,12). The lowest BCUT2D eigenvalue weighted by Crippen LogP contribution is -2.30. The van der Waals surface area contributed by atoms with Gasteiger partial charge in [-0.1, -0.05) is 0 Å². The van der Waals surface area contributed by atoms with Gasteiger partial charge in [0.1, 0.15) is 0 Å². The summed E-state index contributed by atoms with van der Waals surface area (Å²) in [6.45, 7) is 0.907. The summed E-state index contributed by atoms with van der Waals surface area (Å²) in [5, 5.41) is 6.51. The molecule has 3 rings (SSSR count). The Kier molecular flexibility index (Phi) is 2.18. The molecule has 0 radical (unpaired) electrons. The molecule has 1 aliphatic heterocycles. The van der Waals surface area contributed by atoms with Crippen LogP contribution >= 0.6 is 11.3 Å². The Morgan fingerprint density at radius 1 is 1.43 bits per heavy atom. The number of nitrogens with zero attached hydrogens (tertiary/aromatic N) is 1. The largest absolute Gasteiger partial charge is 0.376 e. The molecular formula is C10H14N2OS. The summed E-state index contributed by atoms with van der Waals surface area (Å²) in [6, 6.07) is 0.494. The number of ether oxygens (including phenoxy) is 1. The maximum Gasteiger partial charge on any atom is 0.182 e. The van der Waals surface area contributed by atoms with Crippen molar-refractivity contribution in [3.8, 4) is 0 Å². The number of hydrogen-bond acceptors (Lipinski definition) is 4. The average Bonchev–Trinajstić information content (AvgIpc) is 2.74. The Labute approximate surface area is 87.5 Å². The summed E-state index contributed by atoms with van der Waals surface area (Å²) in [5.74, 6) is 0.815. The quantitative estimate of drug-likeness (QED) is 0.829. The fourth-order valence-corrected chi connectivity index (χ4v) is 2.70. The van der Waals surface area contributed by atoms with E-state index in [-0.39, 0.29) is 0 Å². The smallest absolute Gasteiger partial charge is 0.182 e. The van der Waals surface area contributed by atoms with Crippen molar-refractivity contribution in [1.29, 1.82) is 0 Å². The van der Waals surface area contributed by atoms with E-state index >= 15 is 0 Å². The first-order chi connectivity index (χ1) is 6.93. The van der Waals surface area contributed by atoms with Crippen LogP contribution in [0.1, 0.15) is 19.3 Å². The number of aromatic nitrogens is 1. The van der Waals surface area contributed by atoms with Crippen LogP contribution in [0.4, 0.5) is 5.13 Å². The molecule has 76 valence electrons. The van der Waals surface area contributed by atoms with Gasteiger partial charge in [-0.25, -0.2) is 4.98 Å². The second-order valence-corrected chi connectivity index (χ2v) is 4.94. The number of nitrogens with one attached hydrogen (secondary N) is 1. The molecule has 0 bridgehead atoms. The highest BCUT2D eigenvalue weighted by Gasteiger charge is 2.40. The van der Waals surface area contributed by atoms with Crippen molar-refractivity contribution in [3.63, 3.8) is 0 Å². The number of hydrogen-bond donors (Lipinski definition) is 1. The highest BCUT2D eigenvalue weighted by atomic mass is 32.1. The van der Waals surface area contributed by atoms with Crippen molar-refractivity contribution < 1.29 is 4.74 Å². The van der Waals surface area contributed by atoms with E-state index < -0.39 is 0 Å². The highest BCUT2D eigenvalue weighted by molar-refractivity contribution is 7.13.